The number of aromatic nitrogens is 1. The Morgan fingerprint density at radius 2 is 2.43 bits per heavy atom. The minimum atomic E-state index is 0.688. The standard InChI is InChI=1S/C9H11BrN2S2/c1-3-14-7-4-6(10)5-12-8(7)9(13)11-2/h4-5H,3H2,1-2H3,(H,11,13). The van der Waals surface area contributed by atoms with Crippen molar-refractivity contribution in [3.8, 4) is 0 Å². The van der Waals surface area contributed by atoms with Crippen LogP contribution in [0, 0.1) is 0 Å². The lowest BCUT2D eigenvalue weighted by Gasteiger charge is -2.08. The molecular weight excluding hydrogens is 280 g/mol. The van der Waals surface area contributed by atoms with E-state index in [1.165, 1.54) is 0 Å². The second-order valence-electron chi connectivity index (χ2n) is 2.51. The zero-order valence-corrected chi connectivity index (χ0v) is 11.2. The van der Waals surface area contributed by atoms with Crippen molar-refractivity contribution < 1.29 is 0 Å². The fraction of sp³-hybridized carbons (Fsp3) is 0.333. The van der Waals surface area contributed by atoms with E-state index < -0.39 is 0 Å². The Kier molecular flexibility index (Phi) is 4.84. The minimum absolute atomic E-state index is 0.688. The first-order chi connectivity index (χ1) is 6.69. The predicted molar refractivity (Wildman–Crippen MR) is 69.1 cm³/mol. The second kappa shape index (κ2) is 5.68. The third-order valence-electron chi connectivity index (χ3n) is 1.56. The largest absolute Gasteiger partial charge is 0.378 e. The third-order valence-corrected chi connectivity index (χ3v) is 3.30. The first-order valence-corrected chi connectivity index (χ1v) is 6.38. The van der Waals surface area contributed by atoms with Crippen molar-refractivity contribution in [3.05, 3.63) is 22.4 Å². The molecule has 0 aliphatic carbocycles. The Hall–Kier alpha value is -0.130. The highest BCUT2D eigenvalue weighted by Crippen LogP contribution is 2.24. The number of hydrogen-bond donors (Lipinski definition) is 1. The molecule has 0 aliphatic heterocycles. The first-order valence-electron chi connectivity index (χ1n) is 4.19. The summed E-state index contributed by atoms with van der Waals surface area (Å²) < 4.78 is 0.983. The molecule has 0 radical (unpaired) electrons. The summed E-state index contributed by atoms with van der Waals surface area (Å²) >= 11 is 10.3. The van der Waals surface area contributed by atoms with Crippen LogP contribution < -0.4 is 5.32 Å². The first kappa shape index (κ1) is 11.9. The Labute approximate surface area is 102 Å². The maximum atomic E-state index is 5.16. The molecular formula is C9H11BrN2S2. The van der Waals surface area contributed by atoms with Crippen molar-refractivity contribution in [1.29, 1.82) is 0 Å². The van der Waals surface area contributed by atoms with Crippen LogP contribution in [0.5, 0.6) is 0 Å². The van der Waals surface area contributed by atoms with E-state index in [1.807, 2.05) is 13.1 Å². The highest BCUT2D eigenvalue weighted by Gasteiger charge is 2.08. The average molecular weight is 291 g/mol. The maximum Gasteiger partial charge on any atom is 0.126 e. The van der Waals surface area contributed by atoms with Gasteiger partial charge in [0.25, 0.3) is 0 Å². The minimum Gasteiger partial charge on any atom is -0.378 e. The Balaban J connectivity index is 3.07. The molecule has 76 valence electrons. The molecule has 0 aliphatic rings. The lowest BCUT2D eigenvalue weighted by atomic mass is 10.3. The van der Waals surface area contributed by atoms with Crippen LogP contribution in [0.3, 0.4) is 0 Å². The van der Waals surface area contributed by atoms with Crippen molar-refractivity contribution in [3.63, 3.8) is 0 Å². The molecule has 0 spiro atoms. The van der Waals surface area contributed by atoms with Gasteiger partial charge in [-0.1, -0.05) is 19.1 Å². The normalized spacial score (nSPS) is 9.93. The summed E-state index contributed by atoms with van der Waals surface area (Å²) in [5.41, 5.74) is 0.859. The number of hydrogen-bond acceptors (Lipinski definition) is 3. The van der Waals surface area contributed by atoms with Crippen molar-refractivity contribution in [2.45, 2.75) is 11.8 Å². The summed E-state index contributed by atoms with van der Waals surface area (Å²) in [7, 11) is 1.81. The van der Waals surface area contributed by atoms with E-state index in [4.69, 9.17) is 12.2 Å². The highest BCUT2D eigenvalue weighted by molar-refractivity contribution is 9.10. The van der Waals surface area contributed by atoms with Crippen LogP contribution in [0.4, 0.5) is 0 Å². The van der Waals surface area contributed by atoms with Crippen LogP contribution in [-0.4, -0.2) is 22.8 Å². The predicted octanol–water partition coefficient (Wildman–Crippen LogP) is 2.85. The van der Waals surface area contributed by atoms with Gasteiger partial charge in [0.05, 0.1) is 0 Å². The van der Waals surface area contributed by atoms with E-state index >= 15 is 0 Å². The summed E-state index contributed by atoms with van der Waals surface area (Å²) in [5.74, 6) is 1.01. The van der Waals surface area contributed by atoms with Gasteiger partial charge in [-0.15, -0.1) is 11.8 Å². The number of halogens is 1. The van der Waals surface area contributed by atoms with E-state index in [9.17, 15) is 0 Å². The van der Waals surface area contributed by atoms with Crippen LogP contribution in [0.1, 0.15) is 12.6 Å². The van der Waals surface area contributed by atoms with Crippen molar-refractivity contribution in [1.82, 2.24) is 10.3 Å². The molecule has 1 aromatic rings. The molecule has 0 unspecified atom stereocenters. The summed E-state index contributed by atoms with van der Waals surface area (Å²) in [6, 6.07) is 2.04. The van der Waals surface area contributed by atoms with Gasteiger partial charge in [-0.2, -0.15) is 0 Å². The average Bonchev–Trinajstić information content (AvgIpc) is 2.17. The molecule has 0 amide bonds. The SMILES string of the molecule is CCSc1cc(Br)cnc1C(=S)NC. The molecule has 0 saturated carbocycles. The van der Waals surface area contributed by atoms with Crippen LogP contribution >= 0.6 is 39.9 Å². The summed E-state index contributed by atoms with van der Waals surface area (Å²) in [6.45, 7) is 2.11. The molecule has 0 aromatic carbocycles. The number of rotatable bonds is 3. The van der Waals surface area contributed by atoms with Gasteiger partial charge < -0.3 is 5.32 Å². The second-order valence-corrected chi connectivity index (χ2v) is 5.14. The summed E-state index contributed by atoms with van der Waals surface area (Å²) in [6.07, 6.45) is 1.76. The maximum absolute atomic E-state index is 5.16. The Bertz CT molecular complexity index is 342. The molecule has 1 rings (SSSR count). The van der Waals surface area contributed by atoms with Crippen LogP contribution in [0.2, 0.25) is 0 Å². The lowest BCUT2D eigenvalue weighted by Crippen LogP contribution is -2.18. The van der Waals surface area contributed by atoms with Gasteiger partial charge in [0, 0.05) is 22.6 Å². The molecule has 0 bridgehead atoms. The van der Waals surface area contributed by atoms with Crippen molar-refractivity contribution in [2.75, 3.05) is 12.8 Å². The van der Waals surface area contributed by atoms with Crippen LogP contribution in [0.25, 0.3) is 0 Å². The van der Waals surface area contributed by atoms with Crippen molar-refractivity contribution in [2.24, 2.45) is 0 Å². The third kappa shape index (κ3) is 2.93. The van der Waals surface area contributed by atoms with E-state index in [2.05, 4.69) is 33.2 Å². The fourth-order valence-corrected chi connectivity index (χ4v) is 2.50. The Morgan fingerprint density at radius 3 is 3.00 bits per heavy atom. The number of thiocarbonyl (C=S) groups is 1. The molecule has 1 aromatic heterocycles. The van der Waals surface area contributed by atoms with Gasteiger partial charge >= 0.3 is 0 Å². The summed E-state index contributed by atoms with van der Waals surface area (Å²) in [5, 5.41) is 2.94. The van der Waals surface area contributed by atoms with Crippen molar-refractivity contribution >= 4 is 44.9 Å². The highest BCUT2D eigenvalue weighted by atomic mass is 79.9. The monoisotopic (exact) mass is 290 g/mol. The lowest BCUT2D eigenvalue weighted by molar-refractivity contribution is 1.12. The Morgan fingerprint density at radius 1 is 1.71 bits per heavy atom. The molecule has 0 fully saturated rings. The van der Waals surface area contributed by atoms with Crippen LogP contribution in [-0.2, 0) is 0 Å². The number of thioether (sulfide) groups is 1. The number of nitrogens with zero attached hydrogens (tertiary/aromatic N) is 1. The molecule has 2 nitrogen and oxygen atoms in total. The van der Waals surface area contributed by atoms with E-state index in [0.29, 0.717) is 4.99 Å². The topological polar surface area (TPSA) is 24.9 Å². The van der Waals surface area contributed by atoms with Gasteiger partial charge in [-0.25, -0.2) is 0 Å². The molecule has 1 N–H and O–H groups in total. The van der Waals surface area contributed by atoms with Gasteiger partial charge in [0.15, 0.2) is 0 Å². The quantitative estimate of drug-likeness (QED) is 0.684. The number of nitrogens with one attached hydrogen (secondary N) is 1. The van der Waals surface area contributed by atoms with Gasteiger partial charge in [-0.3, -0.25) is 4.98 Å². The van der Waals surface area contributed by atoms with Crippen LogP contribution in [0.15, 0.2) is 21.6 Å². The van der Waals surface area contributed by atoms with E-state index in [-0.39, 0.29) is 0 Å². The molecule has 1 heterocycles. The number of pyridine rings is 1. The molecule has 14 heavy (non-hydrogen) atoms. The van der Waals surface area contributed by atoms with Gasteiger partial charge in [0.2, 0.25) is 0 Å². The van der Waals surface area contributed by atoms with E-state index in [1.54, 1.807) is 18.0 Å². The van der Waals surface area contributed by atoms with Gasteiger partial charge in [0.1, 0.15) is 10.7 Å². The zero-order valence-electron chi connectivity index (χ0n) is 8.00. The smallest absolute Gasteiger partial charge is 0.126 e. The van der Waals surface area contributed by atoms with E-state index in [0.717, 1.165) is 20.8 Å². The molecule has 0 saturated heterocycles. The fourth-order valence-electron chi connectivity index (χ4n) is 0.975. The zero-order chi connectivity index (χ0) is 10.6. The molecule has 5 heteroatoms. The van der Waals surface area contributed by atoms with Gasteiger partial charge in [-0.05, 0) is 27.7 Å². The summed E-state index contributed by atoms with van der Waals surface area (Å²) in [4.78, 5) is 6.10. The molecule has 0 atom stereocenters.